The molecule has 1 aromatic rings. The number of benzene rings is 1. The summed E-state index contributed by atoms with van der Waals surface area (Å²) in [5.74, 6) is -3.27. The van der Waals surface area contributed by atoms with Crippen LogP contribution in [0.5, 0.6) is 0 Å². The zero-order chi connectivity index (χ0) is 13.0. The summed E-state index contributed by atoms with van der Waals surface area (Å²) in [6, 6.07) is 4.57. The van der Waals surface area contributed by atoms with Crippen LogP contribution in [0.4, 0.5) is 8.78 Å². The Hall–Kier alpha value is -1.76. The molecule has 0 spiro atoms. The van der Waals surface area contributed by atoms with Crippen LogP contribution >= 0.6 is 0 Å². The van der Waals surface area contributed by atoms with Crippen molar-refractivity contribution in [3.8, 4) is 6.07 Å². The van der Waals surface area contributed by atoms with E-state index in [2.05, 4.69) is 0 Å². The highest BCUT2D eigenvalue weighted by atomic mass is 19.1. The fraction of sp³-hybridized carbons (Fsp3) is 0.385. The summed E-state index contributed by atoms with van der Waals surface area (Å²) in [7, 11) is 0. The molecule has 0 bridgehead atoms. The van der Waals surface area contributed by atoms with Crippen molar-refractivity contribution in [2.24, 2.45) is 5.92 Å². The number of ketones is 1. The van der Waals surface area contributed by atoms with E-state index in [-0.39, 0.29) is 17.3 Å². The zero-order valence-electron chi connectivity index (χ0n) is 9.71. The molecule has 2 unspecified atom stereocenters. The van der Waals surface area contributed by atoms with Crippen molar-refractivity contribution in [2.45, 2.75) is 26.2 Å². The van der Waals surface area contributed by atoms with Gasteiger partial charge in [-0.1, -0.05) is 13.8 Å². The highest BCUT2D eigenvalue weighted by molar-refractivity contribution is 5.90. The van der Waals surface area contributed by atoms with Gasteiger partial charge in [0.15, 0.2) is 5.78 Å². The smallest absolute Gasteiger partial charge is 0.157 e. The van der Waals surface area contributed by atoms with Gasteiger partial charge in [0.2, 0.25) is 0 Å². The first-order valence-electron chi connectivity index (χ1n) is 5.39. The van der Waals surface area contributed by atoms with Gasteiger partial charge in [0.05, 0.1) is 6.07 Å². The molecule has 0 N–H and O–H groups in total. The van der Waals surface area contributed by atoms with Crippen LogP contribution in [0.15, 0.2) is 18.2 Å². The van der Waals surface area contributed by atoms with Crippen molar-refractivity contribution in [1.82, 2.24) is 0 Å². The fourth-order valence-corrected chi connectivity index (χ4v) is 1.53. The van der Waals surface area contributed by atoms with Gasteiger partial charge in [0.1, 0.15) is 17.6 Å². The Morgan fingerprint density at radius 2 is 1.88 bits per heavy atom. The molecule has 0 amide bonds. The van der Waals surface area contributed by atoms with E-state index < -0.39 is 17.6 Å². The Morgan fingerprint density at radius 3 is 2.29 bits per heavy atom. The van der Waals surface area contributed by atoms with Gasteiger partial charge in [0, 0.05) is 12.0 Å². The van der Waals surface area contributed by atoms with Gasteiger partial charge in [-0.15, -0.1) is 0 Å². The Bertz CT molecular complexity index is 445. The van der Waals surface area contributed by atoms with Crippen LogP contribution in [0.1, 0.15) is 31.7 Å². The zero-order valence-corrected chi connectivity index (χ0v) is 9.71. The lowest BCUT2D eigenvalue weighted by Crippen LogP contribution is -2.18. The van der Waals surface area contributed by atoms with Crippen LogP contribution in [-0.2, 0) is 4.79 Å². The van der Waals surface area contributed by atoms with Gasteiger partial charge in [-0.05, 0) is 24.1 Å². The molecule has 2 nitrogen and oxygen atoms in total. The van der Waals surface area contributed by atoms with Gasteiger partial charge in [0.25, 0.3) is 0 Å². The monoisotopic (exact) mass is 237 g/mol. The molecule has 0 saturated carbocycles. The highest BCUT2D eigenvalue weighted by Gasteiger charge is 2.25. The number of nitriles is 1. The third-order valence-electron chi connectivity index (χ3n) is 2.73. The molecular formula is C13H13F2NO. The summed E-state index contributed by atoms with van der Waals surface area (Å²) < 4.78 is 26.0. The maximum Gasteiger partial charge on any atom is 0.157 e. The maximum absolute atomic E-state index is 13.0. The lowest BCUT2D eigenvalue weighted by Gasteiger charge is -2.13. The van der Waals surface area contributed by atoms with E-state index >= 15 is 0 Å². The molecular weight excluding hydrogens is 224 g/mol. The third kappa shape index (κ3) is 3.10. The van der Waals surface area contributed by atoms with E-state index in [4.69, 9.17) is 5.26 Å². The number of carbonyl (C=O) groups is 1. The average Bonchev–Trinajstić information content (AvgIpc) is 2.27. The lowest BCUT2D eigenvalue weighted by molar-refractivity contribution is -0.122. The van der Waals surface area contributed by atoms with Crippen molar-refractivity contribution in [3.05, 3.63) is 35.4 Å². The summed E-state index contributed by atoms with van der Waals surface area (Å²) in [6.07, 6.45) is 0.592. The van der Waals surface area contributed by atoms with Crippen LogP contribution in [0, 0.1) is 28.9 Å². The van der Waals surface area contributed by atoms with E-state index in [0.29, 0.717) is 12.5 Å². The largest absolute Gasteiger partial charge is 0.298 e. The Kier molecular flexibility index (Phi) is 4.33. The topological polar surface area (TPSA) is 40.9 Å². The number of Topliss-reactive ketones (excluding diaryl/α,β-unsaturated/α-hetero) is 1. The van der Waals surface area contributed by atoms with Crippen molar-refractivity contribution in [1.29, 1.82) is 5.26 Å². The van der Waals surface area contributed by atoms with Crippen LogP contribution in [0.2, 0.25) is 0 Å². The van der Waals surface area contributed by atoms with E-state index in [0.717, 1.165) is 12.1 Å². The Balaban J connectivity index is 3.10. The molecule has 90 valence electrons. The SMILES string of the molecule is CCC(C)C(=O)C(C#N)c1cc(F)cc(F)c1. The fourth-order valence-electron chi connectivity index (χ4n) is 1.53. The summed E-state index contributed by atoms with van der Waals surface area (Å²) in [4.78, 5) is 11.9. The molecule has 0 aliphatic rings. The van der Waals surface area contributed by atoms with E-state index in [1.165, 1.54) is 0 Å². The molecule has 0 radical (unpaired) electrons. The number of hydrogen-bond donors (Lipinski definition) is 0. The minimum atomic E-state index is -1.10. The Labute approximate surface area is 98.9 Å². The predicted molar refractivity (Wildman–Crippen MR) is 59.2 cm³/mol. The van der Waals surface area contributed by atoms with E-state index in [9.17, 15) is 13.6 Å². The number of hydrogen-bond acceptors (Lipinski definition) is 2. The molecule has 0 fully saturated rings. The summed E-state index contributed by atoms with van der Waals surface area (Å²) >= 11 is 0. The standard InChI is InChI=1S/C13H13F2NO/c1-3-8(2)13(17)12(7-16)9-4-10(14)6-11(15)5-9/h4-6,8,12H,3H2,1-2H3. The second-order valence-corrected chi connectivity index (χ2v) is 3.98. The minimum Gasteiger partial charge on any atom is -0.298 e. The third-order valence-corrected chi connectivity index (χ3v) is 2.73. The van der Waals surface area contributed by atoms with Gasteiger partial charge in [-0.3, -0.25) is 4.79 Å². The summed E-state index contributed by atoms with van der Waals surface area (Å²) in [5.41, 5.74) is 0.0790. The van der Waals surface area contributed by atoms with Gasteiger partial charge < -0.3 is 0 Å². The lowest BCUT2D eigenvalue weighted by atomic mass is 9.88. The molecule has 0 heterocycles. The molecule has 1 aromatic carbocycles. The molecule has 0 aliphatic heterocycles. The van der Waals surface area contributed by atoms with Gasteiger partial charge in [-0.25, -0.2) is 8.78 Å². The number of rotatable bonds is 4. The summed E-state index contributed by atoms with van der Waals surface area (Å²) in [5, 5.41) is 8.96. The molecule has 17 heavy (non-hydrogen) atoms. The normalized spacial score (nSPS) is 13.8. The Morgan fingerprint density at radius 1 is 1.35 bits per heavy atom. The minimum absolute atomic E-state index is 0.0790. The average molecular weight is 237 g/mol. The molecule has 0 saturated heterocycles. The van der Waals surface area contributed by atoms with Crippen LogP contribution in [-0.4, -0.2) is 5.78 Å². The summed E-state index contributed by atoms with van der Waals surface area (Å²) in [6.45, 7) is 3.52. The second kappa shape index (κ2) is 5.53. The quantitative estimate of drug-likeness (QED) is 0.806. The van der Waals surface area contributed by atoms with Crippen molar-refractivity contribution >= 4 is 5.78 Å². The van der Waals surface area contributed by atoms with Crippen LogP contribution < -0.4 is 0 Å². The second-order valence-electron chi connectivity index (χ2n) is 3.98. The first kappa shape index (κ1) is 13.3. The predicted octanol–water partition coefficient (Wildman–Crippen LogP) is 3.19. The first-order chi connectivity index (χ1) is 7.99. The number of nitrogens with zero attached hydrogens (tertiary/aromatic N) is 1. The first-order valence-corrected chi connectivity index (χ1v) is 5.39. The van der Waals surface area contributed by atoms with Gasteiger partial charge >= 0.3 is 0 Å². The number of carbonyl (C=O) groups excluding carboxylic acids is 1. The van der Waals surface area contributed by atoms with Crippen LogP contribution in [0.3, 0.4) is 0 Å². The molecule has 1 rings (SSSR count). The van der Waals surface area contributed by atoms with Gasteiger partial charge in [-0.2, -0.15) is 5.26 Å². The van der Waals surface area contributed by atoms with Crippen LogP contribution in [0.25, 0.3) is 0 Å². The molecule has 4 heteroatoms. The van der Waals surface area contributed by atoms with E-state index in [1.54, 1.807) is 13.0 Å². The van der Waals surface area contributed by atoms with Crippen molar-refractivity contribution in [3.63, 3.8) is 0 Å². The van der Waals surface area contributed by atoms with Crippen molar-refractivity contribution in [2.75, 3.05) is 0 Å². The highest BCUT2D eigenvalue weighted by Crippen LogP contribution is 2.23. The molecule has 0 aliphatic carbocycles. The van der Waals surface area contributed by atoms with E-state index in [1.807, 2.05) is 6.92 Å². The number of halogens is 2. The van der Waals surface area contributed by atoms with Crippen molar-refractivity contribution < 1.29 is 13.6 Å². The molecule has 0 aromatic heterocycles. The molecule has 2 atom stereocenters. The maximum atomic E-state index is 13.0.